The predicted molar refractivity (Wildman–Crippen MR) is 78.0 cm³/mol. The van der Waals surface area contributed by atoms with E-state index in [2.05, 4.69) is 10.3 Å². The van der Waals surface area contributed by atoms with Gasteiger partial charge in [0.2, 0.25) is 0 Å². The summed E-state index contributed by atoms with van der Waals surface area (Å²) in [4.78, 5) is 29.2. The zero-order valence-electron chi connectivity index (χ0n) is 12.4. The Hall–Kier alpha value is -2.62. The molecule has 0 atom stereocenters. The summed E-state index contributed by atoms with van der Waals surface area (Å²) in [5, 5.41) is 11.6. The molecule has 0 spiro atoms. The number of ether oxygens (including phenoxy) is 1. The number of amides is 2. The molecule has 0 aromatic carbocycles. The van der Waals surface area contributed by atoms with Gasteiger partial charge in [-0.2, -0.15) is 5.26 Å². The minimum Gasteiger partial charge on any atom is -0.450 e. The standard InChI is InChI=1S/C15H18N4O3/c1-2-22-15(21)19-7-5-12(6-8-19)18-14(20)11-3-4-13(9-16)17-10-11/h3-4,10,12H,2,5-8H2,1H3,(H,18,20). The van der Waals surface area contributed by atoms with Crippen LogP contribution in [-0.4, -0.2) is 47.6 Å². The molecule has 1 aromatic heterocycles. The van der Waals surface area contributed by atoms with Gasteiger partial charge in [0.15, 0.2) is 0 Å². The number of nitrogens with one attached hydrogen (secondary N) is 1. The number of aromatic nitrogens is 1. The molecule has 2 rings (SSSR count). The number of nitriles is 1. The highest BCUT2D eigenvalue weighted by Gasteiger charge is 2.24. The maximum atomic E-state index is 12.1. The molecule has 0 saturated carbocycles. The van der Waals surface area contributed by atoms with Crippen molar-refractivity contribution in [2.75, 3.05) is 19.7 Å². The van der Waals surface area contributed by atoms with Crippen molar-refractivity contribution in [1.82, 2.24) is 15.2 Å². The lowest BCUT2D eigenvalue weighted by Crippen LogP contribution is -2.46. The van der Waals surface area contributed by atoms with E-state index in [0.717, 1.165) is 0 Å². The van der Waals surface area contributed by atoms with Crippen LogP contribution in [0, 0.1) is 11.3 Å². The minimum absolute atomic E-state index is 0.0221. The van der Waals surface area contributed by atoms with Crippen LogP contribution >= 0.6 is 0 Å². The second-order valence-electron chi connectivity index (χ2n) is 4.98. The van der Waals surface area contributed by atoms with E-state index >= 15 is 0 Å². The van der Waals surface area contributed by atoms with Crippen LogP contribution in [0.5, 0.6) is 0 Å². The fourth-order valence-corrected chi connectivity index (χ4v) is 2.28. The number of carbonyl (C=O) groups excluding carboxylic acids is 2. The molecule has 0 unspecified atom stereocenters. The van der Waals surface area contributed by atoms with Crippen LogP contribution in [0.2, 0.25) is 0 Å². The van der Waals surface area contributed by atoms with Gasteiger partial charge < -0.3 is 15.0 Å². The molecule has 2 heterocycles. The Kier molecular flexibility index (Phi) is 5.31. The number of hydrogen-bond donors (Lipinski definition) is 1. The van der Waals surface area contributed by atoms with Gasteiger partial charge in [0.25, 0.3) is 5.91 Å². The van der Waals surface area contributed by atoms with Crippen molar-refractivity contribution in [1.29, 1.82) is 5.26 Å². The molecule has 0 bridgehead atoms. The Morgan fingerprint density at radius 1 is 1.45 bits per heavy atom. The summed E-state index contributed by atoms with van der Waals surface area (Å²) in [7, 11) is 0. The highest BCUT2D eigenvalue weighted by Crippen LogP contribution is 2.12. The van der Waals surface area contributed by atoms with Gasteiger partial charge >= 0.3 is 6.09 Å². The molecule has 1 aliphatic heterocycles. The molecule has 0 radical (unpaired) electrons. The lowest BCUT2D eigenvalue weighted by molar-refractivity contribution is 0.0860. The number of nitrogens with zero attached hydrogens (tertiary/aromatic N) is 3. The largest absolute Gasteiger partial charge is 0.450 e. The number of hydrogen-bond acceptors (Lipinski definition) is 5. The minimum atomic E-state index is -0.302. The van der Waals surface area contributed by atoms with Crippen LogP contribution in [0.25, 0.3) is 0 Å². The fourth-order valence-electron chi connectivity index (χ4n) is 2.28. The van der Waals surface area contributed by atoms with Crippen LogP contribution in [0.4, 0.5) is 4.79 Å². The molecule has 1 aromatic rings. The fraction of sp³-hybridized carbons (Fsp3) is 0.467. The van der Waals surface area contributed by atoms with E-state index in [-0.39, 0.29) is 23.7 Å². The van der Waals surface area contributed by atoms with E-state index in [1.807, 2.05) is 6.07 Å². The Morgan fingerprint density at radius 3 is 2.73 bits per heavy atom. The van der Waals surface area contributed by atoms with Crippen LogP contribution in [-0.2, 0) is 4.74 Å². The van der Waals surface area contributed by atoms with E-state index in [9.17, 15) is 9.59 Å². The predicted octanol–water partition coefficient (Wildman–Crippen LogP) is 1.30. The summed E-state index contributed by atoms with van der Waals surface area (Å²) in [6.07, 6.45) is 2.47. The molecule has 1 aliphatic rings. The molecule has 116 valence electrons. The van der Waals surface area contributed by atoms with E-state index in [4.69, 9.17) is 10.00 Å². The molecule has 7 heteroatoms. The van der Waals surface area contributed by atoms with Gasteiger partial charge in [-0.15, -0.1) is 0 Å². The topological polar surface area (TPSA) is 95.3 Å². The Morgan fingerprint density at radius 2 is 2.18 bits per heavy atom. The number of rotatable bonds is 3. The van der Waals surface area contributed by atoms with Crippen molar-refractivity contribution in [2.24, 2.45) is 0 Å². The number of pyridine rings is 1. The summed E-state index contributed by atoms with van der Waals surface area (Å²) in [6, 6.07) is 5.02. The van der Waals surface area contributed by atoms with Gasteiger partial charge in [-0.05, 0) is 31.9 Å². The summed E-state index contributed by atoms with van der Waals surface area (Å²) < 4.78 is 4.95. The molecule has 2 amide bonds. The lowest BCUT2D eigenvalue weighted by atomic mass is 10.0. The van der Waals surface area contributed by atoms with Crippen molar-refractivity contribution in [3.05, 3.63) is 29.6 Å². The molecule has 22 heavy (non-hydrogen) atoms. The third kappa shape index (κ3) is 3.95. The quantitative estimate of drug-likeness (QED) is 0.908. The summed E-state index contributed by atoms with van der Waals surface area (Å²) >= 11 is 0. The monoisotopic (exact) mass is 302 g/mol. The zero-order chi connectivity index (χ0) is 15.9. The first-order valence-electron chi connectivity index (χ1n) is 7.22. The normalized spacial score (nSPS) is 15.0. The summed E-state index contributed by atoms with van der Waals surface area (Å²) in [5.41, 5.74) is 0.700. The van der Waals surface area contributed by atoms with Gasteiger partial charge in [-0.1, -0.05) is 0 Å². The Balaban J connectivity index is 1.83. The maximum absolute atomic E-state index is 12.1. The van der Waals surface area contributed by atoms with Crippen molar-refractivity contribution in [3.63, 3.8) is 0 Å². The van der Waals surface area contributed by atoms with E-state index in [1.54, 1.807) is 17.9 Å². The van der Waals surface area contributed by atoms with Gasteiger partial charge in [-0.3, -0.25) is 4.79 Å². The van der Waals surface area contributed by atoms with Crippen LogP contribution < -0.4 is 5.32 Å². The first kappa shape index (κ1) is 15.8. The number of likely N-dealkylation sites (tertiary alicyclic amines) is 1. The third-order valence-corrected chi connectivity index (χ3v) is 3.50. The SMILES string of the molecule is CCOC(=O)N1CCC(NC(=O)c2ccc(C#N)nc2)CC1. The first-order valence-corrected chi connectivity index (χ1v) is 7.22. The molecule has 1 saturated heterocycles. The molecule has 0 aliphatic carbocycles. The van der Waals surface area contributed by atoms with E-state index in [0.29, 0.717) is 38.1 Å². The molecule has 1 N–H and O–H groups in total. The summed E-state index contributed by atoms with van der Waals surface area (Å²) in [6.45, 7) is 3.27. The van der Waals surface area contributed by atoms with Gasteiger partial charge in [0.1, 0.15) is 11.8 Å². The van der Waals surface area contributed by atoms with E-state index in [1.165, 1.54) is 12.3 Å². The maximum Gasteiger partial charge on any atom is 0.409 e. The van der Waals surface area contributed by atoms with E-state index < -0.39 is 0 Å². The highest BCUT2D eigenvalue weighted by molar-refractivity contribution is 5.94. The third-order valence-electron chi connectivity index (χ3n) is 3.50. The summed E-state index contributed by atoms with van der Waals surface area (Å²) in [5.74, 6) is -0.216. The molecular formula is C15H18N4O3. The Labute approximate surface area is 128 Å². The van der Waals surface area contributed by atoms with Gasteiger partial charge in [-0.25, -0.2) is 9.78 Å². The smallest absolute Gasteiger partial charge is 0.409 e. The number of carbonyl (C=O) groups is 2. The van der Waals surface area contributed by atoms with Crippen LogP contribution in [0.15, 0.2) is 18.3 Å². The van der Waals surface area contributed by atoms with Crippen LogP contribution in [0.1, 0.15) is 35.8 Å². The van der Waals surface area contributed by atoms with Crippen molar-refractivity contribution in [3.8, 4) is 6.07 Å². The molecule has 1 fully saturated rings. The molecule has 7 nitrogen and oxygen atoms in total. The second-order valence-corrected chi connectivity index (χ2v) is 4.98. The van der Waals surface area contributed by atoms with Gasteiger partial charge in [0, 0.05) is 25.3 Å². The van der Waals surface area contributed by atoms with Crippen molar-refractivity contribution >= 4 is 12.0 Å². The van der Waals surface area contributed by atoms with Crippen LogP contribution in [0.3, 0.4) is 0 Å². The van der Waals surface area contributed by atoms with Crippen molar-refractivity contribution in [2.45, 2.75) is 25.8 Å². The first-order chi connectivity index (χ1) is 10.6. The Bertz CT molecular complexity index is 571. The van der Waals surface area contributed by atoms with Crippen molar-refractivity contribution < 1.29 is 14.3 Å². The highest BCUT2D eigenvalue weighted by atomic mass is 16.6. The number of piperidine rings is 1. The molecular weight excluding hydrogens is 284 g/mol. The second kappa shape index (κ2) is 7.41. The average Bonchev–Trinajstić information content (AvgIpc) is 2.55. The zero-order valence-corrected chi connectivity index (χ0v) is 12.4. The average molecular weight is 302 g/mol. The van der Waals surface area contributed by atoms with Gasteiger partial charge in [0.05, 0.1) is 12.2 Å². The lowest BCUT2D eigenvalue weighted by Gasteiger charge is -2.31.